The maximum Gasteiger partial charge on any atom is 0.0462 e. The Hall–Kier alpha value is -0.860. The Labute approximate surface area is 98.8 Å². The van der Waals surface area contributed by atoms with Crippen LogP contribution < -0.4 is 5.73 Å². The van der Waals surface area contributed by atoms with Crippen LogP contribution >= 0.6 is 0 Å². The molecule has 1 rings (SSSR count). The first-order valence-electron chi connectivity index (χ1n) is 5.99. The highest BCUT2D eigenvalue weighted by Crippen LogP contribution is 2.20. The molecule has 90 valence electrons. The van der Waals surface area contributed by atoms with Gasteiger partial charge in [0, 0.05) is 19.8 Å². The zero-order valence-electron chi connectivity index (χ0n) is 10.6. The molecule has 0 fully saturated rings. The van der Waals surface area contributed by atoms with E-state index in [1.165, 1.54) is 11.1 Å². The van der Waals surface area contributed by atoms with Gasteiger partial charge in [0.15, 0.2) is 0 Å². The van der Waals surface area contributed by atoms with E-state index >= 15 is 0 Å². The van der Waals surface area contributed by atoms with Gasteiger partial charge in [-0.05, 0) is 29.9 Å². The maximum absolute atomic E-state index is 6.11. The molecule has 1 unspecified atom stereocenters. The van der Waals surface area contributed by atoms with E-state index in [0.717, 1.165) is 19.4 Å². The first-order chi connectivity index (χ1) is 7.65. The summed E-state index contributed by atoms with van der Waals surface area (Å²) in [5, 5.41) is 0. The predicted octanol–water partition coefficient (Wildman–Crippen LogP) is 3.24. The van der Waals surface area contributed by atoms with Crippen LogP contribution in [-0.4, -0.2) is 13.7 Å². The largest absolute Gasteiger partial charge is 0.385 e. The quantitative estimate of drug-likeness (QED) is 0.748. The van der Waals surface area contributed by atoms with Crippen LogP contribution in [0.15, 0.2) is 24.3 Å². The van der Waals surface area contributed by atoms with Crippen molar-refractivity contribution in [3.8, 4) is 0 Å². The summed E-state index contributed by atoms with van der Waals surface area (Å²) in [5.41, 5.74) is 8.70. The molecule has 1 atom stereocenters. The Morgan fingerprint density at radius 1 is 1.12 bits per heavy atom. The average molecular weight is 221 g/mol. The lowest BCUT2D eigenvalue weighted by Gasteiger charge is -2.13. The van der Waals surface area contributed by atoms with E-state index in [0.29, 0.717) is 5.92 Å². The van der Waals surface area contributed by atoms with Gasteiger partial charge in [-0.2, -0.15) is 0 Å². The zero-order chi connectivity index (χ0) is 12.0. The van der Waals surface area contributed by atoms with Crippen molar-refractivity contribution in [2.24, 2.45) is 5.73 Å². The SMILES string of the molecule is COCCCC(N)c1ccc(C(C)C)cc1. The summed E-state index contributed by atoms with van der Waals surface area (Å²) in [6.07, 6.45) is 2.00. The molecule has 1 aromatic rings. The van der Waals surface area contributed by atoms with E-state index < -0.39 is 0 Å². The van der Waals surface area contributed by atoms with Crippen LogP contribution in [0.1, 0.15) is 49.8 Å². The molecular weight excluding hydrogens is 198 g/mol. The average Bonchev–Trinajstić information content (AvgIpc) is 2.29. The standard InChI is InChI=1S/C14H23NO/c1-11(2)12-6-8-13(9-7-12)14(15)5-4-10-16-3/h6-9,11,14H,4-5,10,15H2,1-3H3. The third-order valence-electron chi connectivity index (χ3n) is 2.89. The number of hydrogen-bond acceptors (Lipinski definition) is 2. The van der Waals surface area contributed by atoms with E-state index in [2.05, 4.69) is 38.1 Å². The Bertz CT molecular complexity index is 292. The number of nitrogens with two attached hydrogens (primary N) is 1. The van der Waals surface area contributed by atoms with Crippen molar-refractivity contribution in [2.45, 2.75) is 38.6 Å². The minimum atomic E-state index is 0.136. The van der Waals surface area contributed by atoms with E-state index in [4.69, 9.17) is 10.5 Å². The summed E-state index contributed by atoms with van der Waals surface area (Å²) in [6.45, 7) is 5.19. The van der Waals surface area contributed by atoms with E-state index in [-0.39, 0.29) is 6.04 Å². The van der Waals surface area contributed by atoms with Crippen molar-refractivity contribution in [1.29, 1.82) is 0 Å². The summed E-state index contributed by atoms with van der Waals surface area (Å²) in [5.74, 6) is 0.582. The molecule has 2 heteroatoms. The zero-order valence-corrected chi connectivity index (χ0v) is 10.6. The number of methoxy groups -OCH3 is 1. The normalized spacial score (nSPS) is 13.1. The highest BCUT2D eigenvalue weighted by molar-refractivity contribution is 5.26. The maximum atomic E-state index is 6.11. The Kier molecular flexibility index (Phi) is 5.50. The highest BCUT2D eigenvalue weighted by atomic mass is 16.5. The molecule has 0 aliphatic heterocycles. The van der Waals surface area contributed by atoms with E-state index in [9.17, 15) is 0 Å². The van der Waals surface area contributed by atoms with Crippen molar-refractivity contribution >= 4 is 0 Å². The summed E-state index contributed by atoms with van der Waals surface area (Å²) >= 11 is 0. The van der Waals surface area contributed by atoms with Crippen LogP contribution in [0.4, 0.5) is 0 Å². The van der Waals surface area contributed by atoms with Gasteiger partial charge in [-0.3, -0.25) is 0 Å². The fourth-order valence-electron chi connectivity index (χ4n) is 1.74. The molecule has 0 aliphatic carbocycles. The first-order valence-corrected chi connectivity index (χ1v) is 5.99. The monoisotopic (exact) mass is 221 g/mol. The van der Waals surface area contributed by atoms with Gasteiger partial charge in [-0.15, -0.1) is 0 Å². The minimum Gasteiger partial charge on any atom is -0.385 e. The van der Waals surface area contributed by atoms with Gasteiger partial charge in [-0.25, -0.2) is 0 Å². The van der Waals surface area contributed by atoms with Gasteiger partial charge in [0.1, 0.15) is 0 Å². The van der Waals surface area contributed by atoms with Crippen LogP contribution in [0.25, 0.3) is 0 Å². The Morgan fingerprint density at radius 2 is 1.69 bits per heavy atom. The van der Waals surface area contributed by atoms with Gasteiger partial charge in [0.25, 0.3) is 0 Å². The van der Waals surface area contributed by atoms with Gasteiger partial charge in [0.05, 0.1) is 0 Å². The minimum absolute atomic E-state index is 0.136. The topological polar surface area (TPSA) is 35.2 Å². The Morgan fingerprint density at radius 3 is 2.19 bits per heavy atom. The molecule has 0 aromatic heterocycles. The lowest BCUT2D eigenvalue weighted by molar-refractivity contribution is 0.190. The number of rotatable bonds is 6. The summed E-state index contributed by atoms with van der Waals surface area (Å²) < 4.78 is 5.02. The molecule has 0 aliphatic rings. The van der Waals surface area contributed by atoms with Crippen molar-refractivity contribution in [2.75, 3.05) is 13.7 Å². The van der Waals surface area contributed by atoms with Crippen LogP contribution in [-0.2, 0) is 4.74 Å². The fraction of sp³-hybridized carbons (Fsp3) is 0.571. The first kappa shape index (κ1) is 13.2. The number of hydrogen-bond donors (Lipinski definition) is 1. The molecule has 0 bridgehead atoms. The molecule has 1 aromatic carbocycles. The van der Waals surface area contributed by atoms with Gasteiger partial charge < -0.3 is 10.5 Å². The molecule has 0 amide bonds. The molecule has 2 N–H and O–H groups in total. The lowest BCUT2D eigenvalue weighted by atomic mass is 9.97. The Balaban J connectivity index is 2.52. The molecule has 0 saturated carbocycles. The van der Waals surface area contributed by atoms with Crippen LogP contribution in [0.5, 0.6) is 0 Å². The van der Waals surface area contributed by atoms with Crippen molar-refractivity contribution in [3.63, 3.8) is 0 Å². The summed E-state index contributed by atoms with van der Waals surface area (Å²) in [6, 6.07) is 8.78. The van der Waals surface area contributed by atoms with Crippen LogP contribution in [0.2, 0.25) is 0 Å². The molecule has 0 saturated heterocycles. The molecule has 0 heterocycles. The smallest absolute Gasteiger partial charge is 0.0462 e. The lowest BCUT2D eigenvalue weighted by Crippen LogP contribution is -2.11. The van der Waals surface area contributed by atoms with Crippen molar-refractivity contribution < 1.29 is 4.74 Å². The second kappa shape index (κ2) is 6.66. The van der Waals surface area contributed by atoms with Gasteiger partial charge in [0.2, 0.25) is 0 Å². The van der Waals surface area contributed by atoms with E-state index in [1.54, 1.807) is 7.11 Å². The summed E-state index contributed by atoms with van der Waals surface area (Å²) in [4.78, 5) is 0. The van der Waals surface area contributed by atoms with Gasteiger partial charge in [-0.1, -0.05) is 38.1 Å². The second-order valence-electron chi connectivity index (χ2n) is 4.56. The molecule has 0 radical (unpaired) electrons. The highest BCUT2D eigenvalue weighted by Gasteiger charge is 2.06. The molecular formula is C14H23NO. The van der Waals surface area contributed by atoms with Crippen LogP contribution in [0.3, 0.4) is 0 Å². The van der Waals surface area contributed by atoms with Crippen LogP contribution in [0, 0.1) is 0 Å². The molecule has 2 nitrogen and oxygen atoms in total. The molecule has 0 spiro atoms. The second-order valence-corrected chi connectivity index (χ2v) is 4.56. The number of benzene rings is 1. The predicted molar refractivity (Wildman–Crippen MR) is 68.6 cm³/mol. The molecule has 16 heavy (non-hydrogen) atoms. The van der Waals surface area contributed by atoms with E-state index in [1.807, 2.05) is 0 Å². The third kappa shape index (κ3) is 3.95. The van der Waals surface area contributed by atoms with Crippen molar-refractivity contribution in [1.82, 2.24) is 0 Å². The van der Waals surface area contributed by atoms with Gasteiger partial charge >= 0.3 is 0 Å². The number of ether oxygens (including phenoxy) is 1. The third-order valence-corrected chi connectivity index (χ3v) is 2.89. The summed E-state index contributed by atoms with van der Waals surface area (Å²) in [7, 11) is 1.73. The fourth-order valence-corrected chi connectivity index (χ4v) is 1.74. The van der Waals surface area contributed by atoms with Crippen molar-refractivity contribution in [3.05, 3.63) is 35.4 Å².